The van der Waals surface area contributed by atoms with Crippen molar-refractivity contribution in [2.24, 2.45) is 59.2 Å². The standard InChI is InChI=1S/C21H28O2/c1-3-16(22)23-21(2)9-12-7-15(21)20-14-8-13(19(12)20)17-10-4-5-11(6-10)18(14)17/h3,10-15,17-20H,1,4-9H2,2H3. The van der Waals surface area contributed by atoms with Gasteiger partial charge in [-0.15, -0.1) is 0 Å². The van der Waals surface area contributed by atoms with Crippen LogP contribution in [-0.4, -0.2) is 11.6 Å². The second-order valence-corrected chi connectivity index (χ2v) is 9.95. The molecular formula is C21H28O2. The molecule has 0 spiro atoms. The second kappa shape index (κ2) is 4.06. The van der Waals surface area contributed by atoms with E-state index in [1.807, 2.05) is 0 Å². The zero-order valence-electron chi connectivity index (χ0n) is 14.1. The largest absolute Gasteiger partial charge is 0.456 e. The highest BCUT2D eigenvalue weighted by atomic mass is 16.6. The molecule has 0 heterocycles. The van der Waals surface area contributed by atoms with Crippen molar-refractivity contribution < 1.29 is 9.53 Å². The van der Waals surface area contributed by atoms with Crippen LogP contribution in [0.3, 0.4) is 0 Å². The number of hydrogen-bond donors (Lipinski definition) is 0. The highest BCUT2D eigenvalue weighted by Crippen LogP contribution is 2.77. The van der Waals surface area contributed by atoms with E-state index in [0.717, 1.165) is 59.7 Å². The van der Waals surface area contributed by atoms with Crippen molar-refractivity contribution >= 4 is 5.97 Å². The third kappa shape index (κ3) is 1.42. The third-order valence-corrected chi connectivity index (χ3v) is 9.53. The van der Waals surface area contributed by atoms with Crippen molar-refractivity contribution in [3.63, 3.8) is 0 Å². The SMILES string of the molecule is C=CC(=O)OC1(C)CC2CC1C1C3CC(C4C5CCC(C5)C34)C21. The highest BCUT2D eigenvalue weighted by molar-refractivity contribution is 5.81. The van der Waals surface area contributed by atoms with E-state index in [-0.39, 0.29) is 11.6 Å². The summed E-state index contributed by atoms with van der Waals surface area (Å²) in [6.07, 6.45) is 9.93. The van der Waals surface area contributed by atoms with Crippen LogP contribution >= 0.6 is 0 Å². The minimum absolute atomic E-state index is 0.200. The minimum atomic E-state index is -0.211. The van der Waals surface area contributed by atoms with Crippen LogP contribution < -0.4 is 0 Å². The van der Waals surface area contributed by atoms with Gasteiger partial charge in [0.15, 0.2) is 0 Å². The summed E-state index contributed by atoms with van der Waals surface area (Å²) in [6, 6.07) is 0. The van der Waals surface area contributed by atoms with Crippen molar-refractivity contribution in [1.29, 1.82) is 0 Å². The summed E-state index contributed by atoms with van der Waals surface area (Å²) in [4.78, 5) is 11.8. The minimum Gasteiger partial charge on any atom is -0.456 e. The van der Waals surface area contributed by atoms with Gasteiger partial charge >= 0.3 is 5.97 Å². The number of fused-ring (bicyclic) bond motifs is 16. The summed E-state index contributed by atoms with van der Waals surface area (Å²) in [5.74, 6) is 9.44. The van der Waals surface area contributed by atoms with Crippen LogP contribution in [-0.2, 0) is 9.53 Å². The molecule has 2 heteroatoms. The summed E-state index contributed by atoms with van der Waals surface area (Å²) in [7, 11) is 0. The van der Waals surface area contributed by atoms with Gasteiger partial charge < -0.3 is 4.74 Å². The molecule has 0 aromatic carbocycles. The summed E-state index contributed by atoms with van der Waals surface area (Å²) in [5, 5.41) is 0. The molecule has 0 aromatic rings. The van der Waals surface area contributed by atoms with Gasteiger partial charge in [-0.25, -0.2) is 4.79 Å². The zero-order chi connectivity index (χ0) is 15.5. The Morgan fingerprint density at radius 2 is 1.65 bits per heavy atom. The summed E-state index contributed by atoms with van der Waals surface area (Å²) in [6.45, 7) is 5.82. The molecule has 124 valence electrons. The lowest BCUT2D eigenvalue weighted by atomic mass is 9.58. The van der Waals surface area contributed by atoms with Gasteiger partial charge in [-0.1, -0.05) is 6.58 Å². The van der Waals surface area contributed by atoms with Crippen molar-refractivity contribution in [3.8, 4) is 0 Å². The molecule has 6 aliphatic carbocycles. The first-order chi connectivity index (χ1) is 11.1. The molecule has 0 aliphatic heterocycles. The van der Waals surface area contributed by atoms with Crippen LogP contribution in [0, 0.1) is 59.2 Å². The quantitative estimate of drug-likeness (QED) is 0.437. The summed E-state index contributed by atoms with van der Waals surface area (Å²) >= 11 is 0. The van der Waals surface area contributed by atoms with E-state index in [9.17, 15) is 4.79 Å². The fourth-order valence-electron chi connectivity index (χ4n) is 9.48. The van der Waals surface area contributed by atoms with Crippen LogP contribution in [0.15, 0.2) is 12.7 Å². The summed E-state index contributed by atoms with van der Waals surface area (Å²) in [5.41, 5.74) is -0.200. The highest BCUT2D eigenvalue weighted by Gasteiger charge is 2.73. The number of hydrogen-bond acceptors (Lipinski definition) is 2. The number of ether oxygens (including phenoxy) is 1. The Hall–Kier alpha value is -0.790. The summed E-state index contributed by atoms with van der Waals surface area (Å²) < 4.78 is 5.91. The Morgan fingerprint density at radius 3 is 2.35 bits per heavy atom. The number of carbonyl (C=O) groups excluding carboxylic acids is 1. The van der Waals surface area contributed by atoms with Gasteiger partial charge in [0, 0.05) is 12.0 Å². The maximum atomic E-state index is 11.8. The maximum absolute atomic E-state index is 11.8. The van der Waals surface area contributed by atoms with Crippen LogP contribution in [0.1, 0.15) is 45.4 Å². The van der Waals surface area contributed by atoms with E-state index in [2.05, 4.69) is 13.5 Å². The average Bonchev–Trinajstić information content (AvgIpc) is 3.30. The zero-order valence-corrected chi connectivity index (χ0v) is 14.1. The lowest BCUT2D eigenvalue weighted by molar-refractivity contribution is -0.164. The van der Waals surface area contributed by atoms with Gasteiger partial charge in [-0.2, -0.15) is 0 Å². The molecule has 0 N–H and O–H groups in total. The third-order valence-electron chi connectivity index (χ3n) is 9.53. The first kappa shape index (κ1) is 13.5. The van der Waals surface area contributed by atoms with Crippen LogP contribution in [0.5, 0.6) is 0 Å². The first-order valence-corrected chi connectivity index (χ1v) is 9.96. The lowest BCUT2D eigenvalue weighted by Gasteiger charge is -2.49. The molecular weight excluding hydrogens is 284 g/mol. The molecule has 0 aromatic heterocycles. The molecule has 11 atom stereocenters. The van der Waals surface area contributed by atoms with Gasteiger partial charge in [-0.05, 0) is 98.7 Å². The van der Waals surface area contributed by atoms with Crippen molar-refractivity contribution in [2.75, 3.05) is 0 Å². The Morgan fingerprint density at radius 1 is 1.00 bits per heavy atom. The molecule has 2 nitrogen and oxygen atoms in total. The lowest BCUT2D eigenvalue weighted by Crippen LogP contribution is -2.49. The predicted molar refractivity (Wildman–Crippen MR) is 87.3 cm³/mol. The smallest absolute Gasteiger partial charge is 0.330 e. The Bertz CT molecular complexity index is 597. The van der Waals surface area contributed by atoms with E-state index in [1.165, 1.54) is 31.8 Å². The van der Waals surface area contributed by atoms with Gasteiger partial charge in [0.1, 0.15) is 5.60 Å². The van der Waals surface area contributed by atoms with Crippen LogP contribution in [0.2, 0.25) is 0 Å². The van der Waals surface area contributed by atoms with Gasteiger partial charge in [0.25, 0.3) is 0 Å². The topological polar surface area (TPSA) is 26.3 Å². The van der Waals surface area contributed by atoms with Crippen molar-refractivity contribution in [2.45, 2.75) is 51.0 Å². The van der Waals surface area contributed by atoms with Gasteiger partial charge in [0.2, 0.25) is 0 Å². The van der Waals surface area contributed by atoms with Crippen LogP contribution in [0.25, 0.3) is 0 Å². The normalized spacial score (nSPS) is 63.3. The molecule has 0 amide bonds. The van der Waals surface area contributed by atoms with E-state index >= 15 is 0 Å². The Kier molecular flexibility index (Phi) is 2.38. The van der Waals surface area contributed by atoms with E-state index in [4.69, 9.17) is 4.74 Å². The molecule has 6 rings (SSSR count). The fraction of sp³-hybridized carbons (Fsp3) is 0.857. The first-order valence-electron chi connectivity index (χ1n) is 9.96. The second-order valence-electron chi connectivity index (χ2n) is 9.95. The van der Waals surface area contributed by atoms with Crippen LogP contribution in [0.4, 0.5) is 0 Å². The van der Waals surface area contributed by atoms with E-state index < -0.39 is 0 Å². The van der Waals surface area contributed by atoms with Crippen molar-refractivity contribution in [3.05, 3.63) is 12.7 Å². The Balaban J connectivity index is 1.34. The number of esters is 1. The number of carbonyl (C=O) groups is 1. The molecule has 23 heavy (non-hydrogen) atoms. The maximum Gasteiger partial charge on any atom is 0.330 e. The average molecular weight is 312 g/mol. The number of rotatable bonds is 2. The Labute approximate surface area is 139 Å². The molecule has 6 aliphatic rings. The van der Waals surface area contributed by atoms with Gasteiger partial charge in [-0.3, -0.25) is 0 Å². The molecule has 0 saturated heterocycles. The monoisotopic (exact) mass is 312 g/mol. The molecule has 0 radical (unpaired) electrons. The van der Waals surface area contributed by atoms with Crippen molar-refractivity contribution in [1.82, 2.24) is 0 Å². The van der Waals surface area contributed by atoms with E-state index in [0.29, 0.717) is 5.92 Å². The molecule has 6 bridgehead atoms. The van der Waals surface area contributed by atoms with E-state index in [1.54, 1.807) is 6.42 Å². The predicted octanol–water partition coefficient (Wildman–Crippen LogP) is 4.06. The fourth-order valence-corrected chi connectivity index (χ4v) is 9.48. The molecule has 6 saturated carbocycles. The van der Waals surface area contributed by atoms with Gasteiger partial charge in [0.05, 0.1) is 0 Å². The molecule has 6 fully saturated rings. The molecule has 11 unspecified atom stereocenters.